The molecule has 1 fully saturated rings. The van der Waals surface area contributed by atoms with Gasteiger partial charge >= 0.3 is 0 Å². The highest BCUT2D eigenvalue weighted by molar-refractivity contribution is 5.73. The lowest BCUT2D eigenvalue weighted by Crippen LogP contribution is -2.40. The van der Waals surface area contributed by atoms with E-state index < -0.39 is 0 Å². The average Bonchev–Trinajstić information content (AvgIpc) is 2.34. The van der Waals surface area contributed by atoms with Gasteiger partial charge in [0.05, 0.1) is 0 Å². The van der Waals surface area contributed by atoms with Crippen molar-refractivity contribution in [2.24, 2.45) is 5.92 Å². The highest BCUT2D eigenvalue weighted by Gasteiger charge is 2.26. The van der Waals surface area contributed by atoms with Crippen LogP contribution >= 0.6 is 0 Å². The Morgan fingerprint density at radius 2 is 2.45 bits per heavy atom. The molecule has 2 atom stereocenters. The van der Waals surface area contributed by atoms with Crippen LogP contribution in [0.15, 0.2) is 0 Å². The summed E-state index contributed by atoms with van der Waals surface area (Å²) >= 11 is 0. The first-order valence-corrected chi connectivity index (χ1v) is 3.82. The largest absolute Gasteiger partial charge is 0.396 e. The van der Waals surface area contributed by atoms with Gasteiger partial charge in [-0.15, -0.1) is 0 Å². The lowest BCUT2D eigenvalue weighted by atomic mass is 10.1. The molecule has 0 aromatic carbocycles. The lowest BCUT2D eigenvalue weighted by molar-refractivity contribution is -0.119. The van der Waals surface area contributed by atoms with Crippen molar-refractivity contribution in [2.45, 2.75) is 13.0 Å². The van der Waals surface area contributed by atoms with Gasteiger partial charge in [0.2, 0.25) is 5.91 Å². The van der Waals surface area contributed by atoms with Crippen LogP contribution in [0.1, 0.15) is 6.92 Å². The molecule has 0 bridgehead atoms. The van der Waals surface area contributed by atoms with E-state index in [0.717, 1.165) is 13.1 Å². The second kappa shape index (κ2) is 3.69. The Labute approximate surface area is 66.0 Å². The van der Waals surface area contributed by atoms with Crippen molar-refractivity contribution in [2.75, 3.05) is 19.7 Å². The number of carbonyl (C=O) groups excluding carboxylic acids is 1. The van der Waals surface area contributed by atoms with Crippen LogP contribution in [0.25, 0.3) is 0 Å². The molecule has 4 heteroatoms. The van der Waals surface area contributed by atoms with E-state index >= 15 is 0 Å². The van der Waals surface area contributed by atoms with E-state index in [1.54, 1.807) is 0 Å². The van der Waals surface area contributed by atoms with Crippen LogP contribution in [0.3, 0.4) is 0 Å². The monoisotopic (exact) mass is 158 g/mol. The fraction of sp³-hybridized carbons (Fsp3) is 0.857. The Bertz CT molecular complexity index is 149. The summed E-state index contributed by atoms with van der Waals surface area (Å²) in [7, 11) is 0. The molecule has 1 aliphatic rings. The van der Waals surface area contributed by atoms with Crippen molar-refractivity contribution >= 4 is 5.91 Å². The van der Waals surface area contributed by atoms with Crippen molar-refractivity contribution in [1.82, 2.24) is 10.6 Å². The molecule has 1 saturated heterocycles. The zero-order valence-corrected chi connectivity index (χ0v) is 6.63. The molecule has 1 amide bonds. The maximum absolute atomic E-state index is 10.6. The second-order valence-corrected chi connectivity index (χ2v) is 2.91. The van der Waals surface area contributed by atoms with Crippen molar-refractivity contribution in [1.29, 1.82) is 0 Å². The molecule has 0 saturated carbocycles. The zero-order chi connectivity index (χ0) is 8.27. The van der Waals surface area contributed by atoms with Crippen LogP contribution in [-0.4, -0.2) is 36.8 Å². The highest BCUT2D eigenvalue weighted by Crippen LogP contribution is 2.07. The molecule has 0 unspecified atom stereocenters. The van der Waals surface area contributed by atoms with Gasteiger partial charge < -0.3 is 15.7 Å². The molecule has 4 nitrogen and oxygen atoms in total. The smallest absolute Gasteiger partial charge is 0.217 e. The summed E-state index contributed by atoms with van der Waals surface area (Å²) in [6, 6.07) is 0.109. The van der Waals surface area contributed by atoms with E-state index in [1.165, 1.54) is 6.92 Å². The van der Waals surface area contributed by atoms with Gasteiger partial charge in [0.1, 0.15) is 0 Å². The van der Waals surface area contributed by atoms with E-state index in [9.17, 15) is 4.79 Å². The minimum Gasteiger partial charge on any atom is -0.396 e. The molecule has 1 rings (SSSR count). The van der Waals surface area contributed by atoms with Crippen LogP contribution in [0.2, 0.25) is 0 Å². The summed E-state index contributed by atoms with van der Waals surface area (Å²) in [4.78, 5) is 10.6. The molecule has 11 heavy (non-hydrogen) atoms. The third kappa shape index (κ3) is 2.17. The molecule has 0 spiro atoms. The fourth-order valence-corrected chi connectivity index (χ4v) is 1.35. The average molecular weight is 158 g/mol. The minimum atomic E-state index is -0.0304. The molecular formula is C7H14N2O2. The van der Waals surface area contributed by atoms with Gasteiger partial charge in [0.15, 0.2) is 0 Å². The normalized spacial score (nSPS) is 30.4. The summed E-state index contributed by atoms with van der Waals surface area (Å²) < 4.78 is 0. The Hall–Kier alpha value is -0.610. The van der Waals surface area contributed by atoms with Gasteiger partial charge in [0, 0.05) is 38.6 Å². The van der Waals surface area contributed by atoms with Crippen LogP contribution in [0.4, 0.5) is 0 Å². The summed E-state index contributed by atoms with van der Waals surface area (Å²) in [5.41, 5.74) is 0. The predicted molar refractivity (Wildman–Crippen MR) is 41.1 cm³/mol. The van der Waals surface area contributed by atoms with Crippen LogP contribution in [-0.2, 0) is 4.79 Å². The molecule has 1 heterocycles. The summed E-state index contributed by atoms with van der Waals surface area (Å²) in [5, 5.41) is 14.7. The van der Waals surface area contributed by atoms with Crippen LogP contribution in [0, 0.1) is 5.92 Å². The number of rotatable bonds is 2. The Morgan fingerprint density at radius 3 is 3.00 bits per heavy atom. The number of hydrogen-bond donors (Lipinski definition) is 3. The summed E-state index contributed by atoms with van der Waals surface area (Å²) in [6.07, 6.45) is 0. The van der Waals surface area contributed by atoms with Crippen LogP contribution < -0.4 is 10.6 Å². The molecule has 0 aliphatic carbocycles. The van der Waals surface area contributed by atoms with Crippen molar-refractivity contribution < 1.29 is 9.90 Å². The Morgan fingerprint density at radius 1 is 1.73 bits per heavy atom. The quantitative estimate of drug-likeness (QED) is 0.468. The minimum absolute atomic E-state index is 0.0304. The van der Waals surface area contributed by atoms with Crippen molar-refractivity contribution in [3.8, 4) is 0 Å². The number of carbonyl (C=O) groups is 1. The standard InChI is InChI=1S/C7H14N2O2/c1-5(11)9-7-3-8-2-6(7)4-10/h6-8,10H,2-4H2,1H3,(H,9,11)/t6-,7+/m0/s1. The van der Waals surface area contributed by atoms with E-state index in [-0.39, 0.29) is 24.5 Å². The van der Waals surface area contributed by atoms with Gasteiger partial charge in [-0.05, 0) is 0 Å². The van der Waals surface area contributed by atoms with E-state index in [2.05, 4.69) is 10.6 Å². The number of hydrogen-bond acceptors (Lipinski definition) is 3. The number of nitrogens with one attached hydrogen (secondary N) is 2. The maximum atomic E-state index is 10.6. The first kappa shape index (κ1) is 8.49. The van der Waals surface area contributed by atoms with Gasteiger partial charge in [0.25, 0.3) is 0 Å². The molecule has 1 aliphatic heterocycles. The van der Waals surface area contributed by atoms with Crippen molar-refractivity contribution in [3.05, 3.63) is 0 Å². The van der Waals surface area contributed by atoms with E-state index in [1.807, 2.05) is 0 Å². The second-order valence-electron chi connectivity index (χ2n) is 2.91. The zero-order valence-electron chi connectivity index (χ0n) is 6.63. The number of aliphatic hydroxyl groups excluding tert-OH is 1. The van der Waals surface area contributed by atoms with Gasteiger partial charge in [-0.25, -0.2) is 0 Å². The van der Waals surface area contributed by atoms with Gasteiger partial charge in [-0.3, -0.25) is 4.79 Å². The van der Waals surface area contributed by atoms with Crippen LogP contribution in [0.5, 0.6) is 0 Å². The van der Waals surface area contributed by atoms with E-state index in [0.29, 0.717) is 0 Å². The first-order chi connectivity index (χ1) is 5.24. The molecular weight excluding hydrogens is 144 g/mol. The van der Waals surface area contributed by atoms with Crippen molar-refractivity contribution in [3.63, 3.8) is 0 Å². The van der Waals surface area contributed by atoms with Gasteiger partial charge in [-0.2, -0.15) is 0 Å². The summed E-state index contributed by atoms with van der Waals surface area (Å²) in [6.45, 7) is 3.19. The fourth-order valence-electron chi connectivity index (χ4n) is 1.35. The lowest BCUT2D eigenvalue weighted by Gasteiger charge is -2.16. The summed E-state index contributed by atoms with van der Waals surface area (Å²) in [5.74, 6) is 0.149. The first-order valence-electron chi connectivity index (χ1n) is 3.82. The topological polar surface area (TPSA) is 61.4 Å². The third-order valence-electron chi connectivity index (χ3n) is 1.96. The molecule has 0 aromatic rings. The molecule has 3 N–H and O–H groups in total. The number of amides is 1. The van der Waals surface area contributed by atoms with E-state index in [4.69, 9.17) is 5.11 Å². The maximum Gasteiger partial charge on any atom is 0.217 e. The molecule has 0 aromatic heterocycles. The third-order valence-corrected chi connectivity index (χ3v) is 1.96. The predicted octanol–water partition coefficient (Wildman–Crippen LogP) is -1.30. The van der Waals surface area contributed by atoms with Gasteiger partial charge in [-0.1, -0.05) is 0 Å². The Kier molecular flexibility index (Phi) is 2.84. The highest BCUT2D eigenvalue weighted by atomic mass is 16.3. The number of aliphatic hydroxyl groups is 1. The SMILES string of the molecule is CC(=O)N[C@@H]1CNC[C@H]1CO. The Balaban J connectivity index is 2.37. The molecule has 0 radical (unpaired) electrons. The molecule has 64 valence electrons.